The van der Waals surface area contributed by atoms with E-state index in [-0.39, 0.29) is 6.29 Å². The molecule has 0 amide bonds. The van der Waals surface area contributed by atoms with Crippen molar-refractivity contribution in [3.05, 3.63) is 0 Å². The quantitative estimate of drug-likeness (QED) is 0.402. The van der Waals surface area contributed by atoms with Crippen molar-refractivity contribution in [1.29, 1.82) is 0 Å². The number of Topliss-reactive ketones (excluding diaryl/α,β-unsaturated/α-hetero) is 1. The largest absolute Gasteiger partial charge is 0.371 e. The lowest BCUT2D eigenvalue weighted by Crippen LogP contribution is -2.21. The molecule has 0 heterocycles. The highest BCUT2D eigenvalue weighted by Crippen LogP contribution is 1.88. The van der Waals surface area contributed by atoms with Crippen molar-refractivity contribution in [2.75, 3.05) is 6.61 Å². The van der Waals surface area contributed by atoms with Crippen LogP contribution in [0.2, 0.25) is 0 Å². The second kappa shape index (κ2) is 4.21. The molecule has 0 saturated carbocycles. The molecule has 3 nitrogen and oxygen atoms in total. The number of carbonyl (C=O) groups excluding carboxylic acids is 2. The number of aldehydes is 1. The van der Waals surface area contributed by atoms with Gasteiger partial charge in [-0.1, -0.05) is 0 Å². The van der Waals surface area contributed by atoms with Crippen LogP contribution < -0.4 is 0 Å². The van der Waals surface area contributed by atoms with E-state index < -0.39 is 11.9 Å². The maximum atomic E-state index is 10.4. The molecule has 0 aliphatic heterocycles. The zero-order valence-corrected chi connectivity index (χ0v) is 5.59. The molecule has 0 fully saturated rings. The standard InChI is InChI=1S/C6H10O3/c1-3-9-5(2)6(8)4-7/h4-5H,3H2,1-2H3. The van der Waals surface area contributed by atoms with Crippen LogP contribution in [0.15, 0.2) is 0 Å². The highest BCUT2D eigenvalue weighted by atomic mass is 16.5. The van der Waals surface area contributed by atoms with Gasteiger partial charge in [0.1, 0.15) is 6.10 Å². The fourth-order valence-electron chi connectivity index (χ4n) is 0.428. The van der Waals surface area contributed by atoms with Gasteiger partial charge in [0.15, 0.2) is 6.29 Å². The second-order valence-electron chi connectivity index (χ2n) is 1.62. The lowest BCUT2D eigenvalue weighted by atomic mass is 10.3. The van der Waals surface area contributed by atoms with Crippen molar-refractivity contribution >= 4 is 12.1 Å². The van der Waals surface area contributed by atoms with Crippen LogP contribution in [-0.4, -0.2) is 24.8 Å². The normalized spacial score (nSPS) is 12.7. The van der Waals surface area contributed by atoms with Gasteiger partial charge < -0.3 is 4.74 Å². The number of ketones is 1. The lowest BCUT2D eigenvalue weighted by Gasteiger charge is -2.03. The minimum atomic E-state index is -0.576. The van der Waals surface area contributed by atoms with Gasteiger partial charge in [0.2, 0.25) is 5.78 Å². The van der Waals surface area contributed by atoms with Gasteiger partial charge in [-0.25, -0.2) is 0 Å². The molecule has 0 N–H and O–H groups in total. The van der Waals surface area contributed by atoms with Crippen LogP contribution in [0.5, 0.6) is 0 Å². The Kier molecular flexibility index (Phi) is 3.88. The topological polar surface area (TPSA) is 43.4 Å². The highest BCUT2D eigenvalue weighted by molar-refractivity contribution is 6.26. The summed E-state index contributed by atoms with van der Waals surface area (Å²) in [7, 11) is 0. The summed E-state index contributed by atoms with van der Waals surface area (Å²) in [5.41, 5.74) is 0. The average molecular weight is 130 g/mol. The van der Waals surface area contributed by atoms with E-state index in [1.165, 1.54) is 0 Å². The number of hydrogen-bond acceptors (Lipinski definition) is 3. The van der Waals surface area contributed by atoms with E-state index in [4.69, 9.17) is 4.74 Å². The minimum Gasteiger partial charge on any atom is -0.371 e. The van der Waals surface area contributed by atoms with Gasteiger partial charge in [0, 0.05) is 6.61 Å². The third-order valence-electron chi connectivity index (χ3n) is 0.933. The van der Waals surface area contributed by atoms with E-state index in [9.17, 15) is 9.59 Å². The predicted octanol–water partition coefficient (Wildman–Crippen LogP) is 0.179. The number of carbonyl (C=O) groups is 2. The van der Waals surface area contributed by atoms with Crippen molar-refractivity contribution in [3.63, 3.8) is 0 Å². The molecule has 0 aliphatic carbocycles. The smallest absolute Gasteiger partial charge is 0.223 e. The van der Waals surface area contributed by atoms with E-state index in [1.807, 2.05) is 0 Å². The monoisotopic (exact) mass is 130 g/mol. The first-order valence-electron chi connectivity index (χ1n) is 2.83. The number of rotatable bonds is 4. The van der Waals surface area contributed by atoms with Crippen LogP contribution in [0.3, 0.4) is 0 Å². The predicted molar refractivity (Wildman–Crippen MR) is 32.2 cm³/mol. The fourth-order valence-corrected chi connectivity index (χ4v) is 0.428. The molecule has 0 aromatic rings. The summed E-state index contributed by atoms with van der Waals surface area (Å²) in [6, 6.07) is 0. The summed E-state index contributed by atoms with van der Waals surface area (Å²) < 4.78 is 4.81. The molecule has 52 valence electrons. The summed E-state index contributed by atoms with van der Waals surface area (Å²) in [6.07, 6.45) is -0.298. The Balaban J connectivity index is 3.58. The molecule has 0 aromatic heterocycles. The van der Waals surface area contributed by atoms with Crippen LogP contribution >= 0.6 is 0 Å². The summed E-state index contributed by atoms with van der Waals surface area (Å²) in [5, 5.41) is 0. The van der Waals surface area contributed by atoms with Gasteiger partial charge in [-0.15, -0.1) is 0 Å². The first-order chi connectivity index (χ1) is 4.22. The molecule has 0 radical (unpaired) electrons. The molecule has 1 atom stereocenters. The summed E-state index contributed by atoms with van der Waals surface area (Å²) in [5.74, 6) is -0.503. The minimum absolute atomic E-state index is 0.278. The van der Waals surface area contributed by atoms with Crippen LogP contribution in [0, 0.1) is 0 Å². The molecular formula is C6H10O3. The van der Waals surface area contributed by atoms with Gasteiger partial charge in [-0.2, -0.15) is 0 Å². The summed E-state index contributed by atoms with van der Waals surface area (Å²) in [6.45, 7) is 3.79. The first-order valence-corrected chi connectivity index (χ1v) is 2.83. The molecule has 0 saturated heterocycles. The van der Waals surface area contributed by atoms with Crippen molar-refractivity contribution in [2.24, 2.45) is 0 Å². The maximum absolute atomic E-state index is 10.4. The molecule has 0 rings (SSSR count). The Bertz CT molecular complexity index is 109. The molecule has 0 spiro atoms. The van der Waals surface area contributed by atoms with Gasteiger partial charge in [0.05, 0.1) is 0 Å². The highest BCUT2D eigenvalue weighted by Gasteiger charge is 2.09. The fraction of sp³-hybridized carbons (Fsp3) is 0.667. The van der Waals surface area contributed by atoms with Crippen molar-refractivity contribution < 1.29 is 14.3 Å². The Morgan fingerprint density at radius 2 is 2.33 bits per heavy atom. The van der Waals surface area contributed by atoms with E-state index in [0.29, 0.717) is 6.61 Å². The second-order valence-corrected chi connectivity index (χ2v) is 1.62. The van der Waals surface area contributed by atoms with E-state index in [2.05, 4.69) is 0 Å². The van der Waals surface area contributed by atoms with Gasteiger partial charge in [0.25, 0.3) is 0 Å². The Morgan fingerprint density at radius 3 is 2.67 bits per heavy atom. The Morgan fingerprint density at radius 1 is 1.78 bits per heavy atom. The first kappa shape index (κ1) is 8.30. The van der Waals surface area contributed by atoms with Crippen LogP contribution in [0.4, 0.5) is 0 Å². The third kappa shape index (κ3) is 2.98. The molecular weight excluding hydrogens is 120 g/mol. The zero-order valence-electron chi connectivity index (χ0n) is 5.59. The number of hydrogen-bond donors (Lipinski definition) is 0. The van der Waals surface area contributed by atoms with E-state index in [1.54, 1.807) is 13.8 Å². The van der Waals surface area contributed by atoms with Crippen LogP contribution in [0.25, 0.3) is 0 Å². The lowest BCUT2D eigenvalue weighted by molar-refractivity contribution is -0.137. The summed E-state index contributed by atoms with van der Waals surface area (Å²) in [4.78, 5) is 20.2. The Labute approximate surface area is 54.0 Å². The molecule has 0 bridgehead atoms. The van der Waals surface area contributed by atoms with Crippen LogP contribution in [0.1, 0.15) is 13.8 Å². The molecule has 0 aromatic carbocycles. The number of ether oxygens (including phenoxy) is 1. The molecule has 9 heavy (non-hydrogen) atoms. The van der Waals surface area contributed by atoms with Gasteiger partial charge >= 0.3 is 0 Å². The average Bonchev–Trinajstić information content (AvgIpc) is 1.87. The SMILES string of the molecule is CCOC(C)C(=O)C=O. The third-order valence-corrected chi connectivity index (χ3v) is 0.933. The van der Waals surface area contributed by atoms with Crippen molar-refractivity contribution in [3.8, 4) is 0 Å². The zero-order chi connectivity index (χ0) is 7.28. The maximum Gasteiger partial charge on any atom is 0.223 e. The van der Waals surface area contributed by atoms with Gasteiger partial charge in [-0.05, 0) is 13.8 Å². The van der Waals surface area contributed by atoms with Gasteiger partial charge in [-0.3, -0.25) is 9.59 Å². The van der Waals surface area contributed by atoms with Crippen molar-refractivity contribution in [1.82, 2.24) is 0 Å². The molecule has 3 heteroatoms. The summed E-state index contributed by atoms with van der Waals surface area (Å²) >= 11 is 0. The van der Waals surface area contributed by atoms with E-state index >= 15 is 0 Å². The van der Waals surface area contributed by atoms with E-state index in [0.717, 1.165) is 0 Å². The van der Waals surface area contributed by atoms with Crippen LogP contribution in [-0.2, 0) is 14.3 Å². The Hall–Kier alpha value is -0.700. The molecule has 1 unspecified atom stereocenters. The van der Waals surface area contributed by atoms with Crippen molar-refractivity contribution in [2.45, 2.75) is 20.0 Å². The molecule has 0 aliphatic rings.